The Morgan fingerprint density at radius 2 is 2.02 bits per heavy atom. The van der Waals surface area contributed by atoms with Gasteiger partial charge >= 0.3 is 6.03 Å². The molecule has 1 saturated carbocycles. The molecule has 4 N–H and O–H groups in total. The third kappa shape index (κ3) is 6.53. The first-order chi connectivity index (χ1) is 22.6. The van der Waals surface area contributed by atoms with Gasteiger partial charge in [-0.2, -0.15) is 0 Å². The zero-order valence-corrected chi connectivity index (χ0v) is 27.5. The van der Waals surface area contributed by atoms with Crippen LogP contribution < -0.4 is 25.8 Å². The zero-order valence-electron chi connectivity index (χ0n) is 26.7. The number of ether oxygens (including phenoxy) is 2. The Morgan fingerprint density at radius 1 is 1.19 bits per heavy atom. The summed E-state index contributed by atoms with van der Waals surface area (Å²) in [4.78, 5) is 62.8. The summed E-state index contributed by atoms with van der Waals surface area (Å²) in [6, 6.07) is 3.89. The molecule has 1 radical (unpaired) electrons. The number of primary amides is 1. The molecule has 0 spiro atoms. The first-order valence-corrected chi connectivity index (χ1v) is 16.9. The average Bonchev–Trinajstić information content (AvgIpc) is 3.35. The molecular formula is C34H39N6O6S. The molecule has 3 aromatic rings. The lowest BCUT2D eigenvalue weighted by Gasteiger charge is -2.25. The van der Waals surface area contributed by atoms with Gasteiger partial charge in [0, 0.05) is 35.7 Å². The van der Waals surface area contributed by atoms with Crippen molar-refractivity contribution in [1.82, 2.24) is 25.5 Å². The van der Waals surface area contributed by atoms with E-state index in [9.17, 15) is 19.2 Å². The quantitative estimate of drug-likeness (QED) is 0.317. The van der Waals surface area contributed by atoms with Gasteiger partial charge in [0.05, 0.1) is 24.9 Å². The fraction of sp³-hybridized carbons (Fsp3) is 0.471. The standard InChI is InChI=1S/C34H39N6O6S/c1-19(2)24-17-47-32(38-24)23-14-27(22-10-11-26(45-3)28(30(35)42)29(22)37-23)46-21-13-25-31(43)39-34(18-41)15-20(34)9-7-5-4-6-8-12-36-33(44)40(25)16-21/h7,9-11,14,17,19-21,25H,4-6,8,12-13,15-16H2,1-3H3,(H2,35,42)(H,36,44)(H,39,43)/b9-7+. The molecule has 1 saturated heterocycles. The number of methoxy groups -OCH3 is 1. The van der Waals surface area contributed by atoms with Crippen molar-refractivity contribution in [3.63, 3.8) is 0 Å². The number of thiazole rings is 1. The molecule has 2 aliphatic heterocycles. The number of nitrogens with two attached hydrogens (primary N) is 1. The van der Waals surface area contributed by atoms with Crippen molar-refractivity contribution in [1.29, 1.82) is 0 Å². The van der Waals surface area contributed by atoms with E-state index < -0.39 is 29.5 Å². The monoisotopic (exact) mass is 659 g/mol. The second kappa shape index (κ2) is 13.3. The highest BCUT2D eigenvalue weighted by Gasteiger charge is 2.56. The number of nitrogens with one attached hydrogen (secondary N) is 2. The van der Waals surface area contributed by atoms with E-state index in [0.717, 1.165) is 31.4 Å². The number of allylic oxidation sites excluding steroid dienone is 1. The maximum Gasteiger partial charge on any atom is 0.318 e. The molecule has 0 bridgehead atoms. The van der Waals surface area contributed by atoms with Crippen LogP contribution in [0, 0.1) is 5.92 Å². The summed E-state index contributed by atoms with van der Waals surface area (Å²) < 4.78 is 12.0. The molecule has 2 fully saturated rings. The normalized spacial score (nSPS) is 25.5. The Bertz CT molecular complexity index is 1740. The Labute approximate surface area is 277 Å². The molecule has 13 heteroatoms. The van der Waals surface area contributed by atoms with Gasteiger partial charge in [-0.05, 0) is 43.7 Å². The number of carbonyl (C=O) groups is 3. The van der Waals surface area contributed by atoms with E-state index in [1.165, 1.54) is 23.3 Å². The maximum atomic E-state index is 13.7. The first-order valence-electron chi connectivity index (χ1n) is 16.0. The Morgan fingerprint density at radius 3 is 2.74 bits per heavy atom. The smallest absolute Gasteiger partial charge is 0.318 e. The summed E-state index contributed by atoms with van der Waals surface area (Å²) in [6.07, 6.45) is 9.76. The lowest BCUT2D eigenvalue weighted by molar-refractivity contribution is -0.125. The average molecular weight is 660 g/mol. The predicted molar refractivity (Wildman–Crippen MR) is 177 cm³/mol. The lowest BCUT2D eigenvalue weighted by atomic mass is 10.1. The fourth-order valence-electron chi connectivity index (χ4n) is 6.29. The molecule has 247 valence electrons. The van der Waals surface area contributed by atoms with Crippen molar-refractivity contribution >= 4 is 46.4 Å². The molecule has 12 nitrogen and oxygen atoms in total. The molecule has 3 aliphatic rings. The second-order valence-electron chi connectivity index (χ2n) is 12.7. The first kappa shape index (κ1) is 32.4. The van der Waals surface area contributed by atoms with Gasteiger partial charge < -0.3 is 30.7 Å². The van der Waals surface area contributed by atoms with Crippen LogP contribution in [-0.2, 0) is 9.59 Å². The summed E-state index contributed by atoms with van der Waals surface area (Å²) in [7, 11) is 1.45. The molecule has 4 unspecified atom stereocenters. The van der Waals surface area contributed by atoms with E-state index in [4.69, 9.17) is 25.2 Å². The highest BCUT2D eigenvalue weighted by molar-refractivity contribution is 7.13. The van der Waals surface area contributed by atoms with E-state index >= 15 is 0 Å². The SMILES string of the molecule is COc1ccc2c(OC3CC4C(=O)NC5([C]=O)CC5/C=C/CCCCCNC(=O)N4C3)cc(-c3nc(C(C)C)cs3)nc2c1C(N)=O. The number of amides is 4. The van der Waals surface area contributed by atoms with Crippen LogP contribution in [0.25, 0.3) is 21.6 Å². The van der Waals surface area contributed by atoms with Crippen LogP contribution in [0.4, 0.5) is 4.79 Å². The number of fused-ring (bicyclic) bond motifs is 3. The Balaban J connectivity index is 1.35. The van der Waals surface area contributed by atoms with Gasteiger partial charge in [-0.25, -0.2) is 14.8 Å². The minimum absolute atomic E-state index is 0.110. The third-order valence-electron chi connectivity index (χ3n) is 9.06. The third-order valence-corrected chi connectivity index (χ3v) is 9.94. The van der Waals surface area contributed by atoms with Gasteiger partial charge in [0.1, 0.15) is 45.4 Å². The van der Waals surface area contributed by atoms with Gasteiger partial charge in [0.15, 0.2) is 0 Å². The van der Waals surface area contributed by atoms with E-state index in [1.807, 2.05) is 11.5 Å². The lowest BCUT2D eigenvalue weighted by Crippen LogP contribution is -2.53. The van der Waals surface area contributed by atoms with E-state index in [0.29, 0.717) is 40.3 Å². The van der Waals surface area contributed by atoms with Crippen LogP contribution in [0.15, 0.2) is 35.7 Å². The van der Waals surface area contributed by atoms with Crippen molar-refractivity contribution in [3.05, 3.63) is 47.0 Å². The molecule has 6 rings (SSSR count). The Hall–Kier alpha value is -4.52. The van der Waals surface area contributed by atoms with Gasteiger partial charge in [0.2, 0.25) is 12.2 Å². The van der Waals surface area contributed by atoms with Crippen LogP contribution in [0.5, 0.6) is 11.5 Å². The summed E-state index contributed by atoms with van der Waals surface area (Å²) >= 11 is 1.43. The van der Waals surface area contributed by atoms with Crippen LogP contribution in [-0.4, -0.2) is 76.9 Å². The molecule has 47 heavy (non-hydrogen) atoms. The van der Waals surface area contributed by atoms with Crippen LogP contribution >= 0.6 is 11.3 Å². The van der Waals surface area contributed by atoms with Gasteiger partial charge in [0.25, 0.3) is 5.91 Å². The van der Waals surface area contributed by atoms with Crippen LogP contribution in [0.1, 0.15) is 74.3 Å². The Kier molecular flexibility index (Phi) is 9.18. The maximum absolute atomic E-state index is 13.7. The van der Waals surface area contributed by atoms with Gasteiger partial charge in [-0.1, -0.05) is 32.4 Å². The molecule has 4 atom stereocenters. The molecular weight excluding hydrogens is 620 g/mol. The van der Waals surface area contributed by atoms with Crippen molar-refractivity contribution < 1.29 is 28.7 Å². The number of hydrogen-bond donors (Lipinski definition) is 3. The number of aromatic nitrogens is 2. The molecule has 4 heterocycles. The summed E-state index contributed by atoms with van der Waals surface area (Å²) in [5.41, 5.74) is 6.53. The zero-order chi connectivity index (χ0) is 33.3. The van der Waals surface area contributed by atoms with Crippen molar-refractivity contribution in [3.8, 4) is 22.2 Å². The summed E-state index contributed by atoms with van der Waals surface area (Å²) in [5, 5.41) is 8.97. The van der Waals surface area contributed by atoms with E-state index in [1.54, 1.807) is 18.2 Å². The molecule has 1 aliphatic carbocycles. The molecule has 1 aromatic carbocycles. The van der Waals surface area contributed by atoms with Crippen molar-refractivity contribution in [2.24, 2.45) is 11.7 Å². The number of carbonyl (C=O) groups excluding carboxylic acids is 4. The number of benzene rings is 1. The minimum Gasteiger partial charge on any atom is -0.496 e. The van der Waals surface area contributed by atoms with Gasteiger partial charge in [-0.3, -0.25) is 14.4 Å². The topological polar surface area (TPSA) is 166 Å². The number of pyridine rings is 1. The van der Waals surface area contributed by atoms with Crippen molar-refractivity contribution in [2.75, 3.05) is 20.2 Å². The number of nitrogens with zero attached hydrogens (tertiary/aromatic N) is 3. The predicted octanol–water partition coefficient (Wildman–Crippen LogP) is 4.24. The summed E-state index contributed by atoms with van der Waals surface area (Å²) in [6.45, 7) is 4.71. The van der Waals surface area contributed by atoms with Crippen LogP contribution in [0.3, 0.4) is 0 Å². The van der Waals surface area contributed by atoms with Gasteiger partial charge in [-0.15, -0.1) is 11.3 Å². The van der Waals surface area contributed by atoms with Crippen LogP contribution in [0.2, 0.25) is 0 Å². The fourth-order valence-corrected chi connectivity index (χ4v) is 7.23. The van der Waals surface area contributed by atoms with E-state index in [2.05, 4.69) is 36.8 Å². The second-order valence-corrected chi connectivity index (χ2v) is 13.5. The molecule has 4 amide bonds. The largest absolute Gasteiger partial charge is 0.496 e. The minimum atomic E-state index is -1.09. The number of urea groups is 1. The van der Waals surface area contributed by atoms with E-state index in [-0.39, 0.29) is 42.1 Å². The highest BCUT2D eigenvalue weighted by atomic mass is 32.1. The summed E-state index contributed by atoms with van der Waals surface area (Å²) in [5.74, 6) is -0.376. The molecule has 2 aromatic heterocycles. The number of rotatable bonds is 7. The number of hydrogen-bond acceptors (Lipinski definition) is 9. The van der Waals surface area contributed by atoms with Crippen molar-refractivity contribution in [2.45, 2.75) is 76.0 Å². The highest BCUT2D eigenvalue weighted by Crippen LogP contribution is 2.44.